The van der Waals surface area contributed by atoms with Crippen LogP contribution in [0.3, 0.4) is 0 Å². The maximum Gasteiger partial charge on any atom is 0.264 e. The van der Waals surface area contributed by atoms with Crippen molar-refractivity contribution in [1.82, 2.24) is 4.72 Å². The number of nitrogens with zero attached hydrogens (tertiary/aromatic N) is 1. The van der Waals surface area contributed by atoms with Gasteiger partial charge in [0.05, 0.1) is 23.1 Å². The van der Waals surface area contributed by atoms with Gasteiger partial charge in [0, 0.05) is 30.3 Å². The van der Waals surface area contributed by atoms with Crippen LogP contribution < -0.4 is 14.4 Å². The van der Waals surface area contributed by atoms with E-state index >= 15 is 0 Å². The largest absolute Gasteiger partial charge is 0.487 e. The maximum atomic E-state index is 13.7. The summed E-state index contributed by atoms with van der Waals surface area (Å²) in [5.41, 5.74) is 3.23. The molecule has 3 aliphatic rings. The second-order valence-electron chi connectivity index (χ2n) is 14.0. The summed E-state index contributed by atoms with van der Waals surface area (Å²) in [5.74, 6) is 0.159. The number of amides is 1. The molecule has 1 saturated heterocycles. The number of benzene rings is 2. The number of unbranched alkanes of at least 4 members (excludes halogenated alkanes) is 1. The molecular weight excluding hydrogens is 660 g/mol. The number of hydrogen-bond donors (Lipinski definition) is 2. The van der Waals surface area contributed by atoms with Crippen molar-refractivity contribution >= 4 is 33.2 Å². The number of allylic oxidation sites excluding steroid dienone is 2. The monoisotopic (exact) mass is 712 g/mol. The Labute approximate surface area is 298 Å². The molecule has 49 heavy (non-hydrogen) atoms. The lowest BCUT2D eigenvalue weighted by Crippen LogP contribution is -2.45. The lowest BCUT2D eigenvalue weighted by Gasteiger charge is -2.42. The summed E-state index contributed by atoms with van der Waals surface area (Å²) in [5, 5.41) is 10.9. The Balaban J connectivity index is 1.42. The zero-order chi connectivity index (χ0) is 35.0. The van der Waals surface area contributed by atoms with Crippen LogP contribution >= 0.6 is 11.6 Å². The molecule has 2 fully saturated rings. The van der Waals surface area contributed by atoms with E-state index in [2.05, 4.69) is 29.2 Å². The molecular formula is C39H53ClN2O6S. The number of carbonyl (C=O) groups is 1. The number of sulfonamides is 1. The number of carbonyl (C=O) groups excluding carboxylic acids is 1. The van der Waals surface area contributed by atoms with Gasteiger partial charge in [-0.2, -0.15) is 0 Å². The van der Waals surface area contributed by atoms with Gasteiger partial charge in [-0.25, -0.2) is 13.1 Å². The van der Waals surface area contributed by atoms with Gasteiger partial charge in [-0.1, -0.05) is 56.2 Å². The Morgan fingerprint density at radius 2 is 1.98 bits per heavy atom. The van der Waals surface area contributed by atoms with Crippen LogP contribution in [0.15, 0.2) is 61.2 Å². The molecule has 0 bridgehead atoms. The summed E-state index contributed by atoms with van der Waals surface area (Å²) >= 11 is 6.35. The van der Waals surface area contributed by atoms with E-state index in [1.165, 1.54) is 0 Å². The molecule has 10 heteroatoms. The molecule has 0 unspecified atom stereocenters. The number of fused-ring (bicyclic) bond motifs is 2. The second-order valence-corrected chi connectivity index (χ2v) is 16.4. The van der Waals surface area contributed by atoms with Gasteiger partial charge >= 0.3 is 0 Å². The van der Waals surface area contributed by atoms with Gasteiger partial charge in [-0.3, -0.25) is 4.79 Å². The molecule has 8 nitrogen and oxygen atoms in total. The van der Waals surface area contributed by atoms with Gasteiger partial charge in [0.25, 0.3) is 5.91 Å². The molecule has 1 aliphatic carbocycles. The van der Waals surface area contributed by atoms with Crippen LogP contribution in [0.5, 0.6) is 5.75 Å². The van der Waals surface area contributed by atoms with Gasteiger partial charge in [-0.05, 0) is 117 Å². The Kier molecular flexibility index (Phi) is 13.3. The van der Waals surface area contributed by atoms with E-state index in [4.69, 9.17) is 21.1 Å². The molecule has 2 aliphatic heterocycles. The van der Waals surface area contributed by atoms with E-state index < -0.39 is 27.3 Å². The lowest BCUT2D eigenvalue weighted by molar-refractivity contribution is -0.0563. The molecule has 5 rings (SSSR count). The predicted octanol–water partition coefficient (Wildman–Crippen LogP) is 7.62. The van der Waals surface area contributed by atoms with Crippen molar-refractivity contribution in [3.63, 3.8) is 0 Å². The molecule has 1 saturated carbocycles. The van der Waals surface area contributed by atoms with Crippen molar-refractivity contribution in [3.8, 4) is 5.75 Å². The van der Waals surface area contributed by atoms with Crippen LogP contribution in [0.25, 0.3) is 0 Å². The molecule has 0 radical (unpaired) electrons. The highest BCUT2D eigenvalue weighted by Crippen LogP contribution is 2.41. The molecule has 6 atom stereocenters. The zero-order valence-electron chi connectivity index (χ0n) is 29.0. The predicted molar refractivity (Wildman–Crippen MR) is 197 cm³/mol. The Morgan fingerprint density at radius 3 is 2.67 bits per heavy atom. The highest BCUT2D eigenvalue weighted by molar-refractivity contribution is 7.90. The number of aliphatic hydroxyl groups is 1. The first-order valence-corrected chi connectivity index (χ1v) is 19.9. The second kappa shape index (κ2) is 17.4. The fourth-order valence-corrected chi connectivity index (χ4v) is 9.16. The number of hydrogen-bond acceptors (Lipinski definition) is 7. The van der Waals surface area contributed by atoms with Gasteiger partial charge in [-0.15, -0.1) is 6.58 Å². The molecule has 2 aromatic rings. The molecule has 2 aromatic carbocycles. The quantitative estimate of drug-likeness (QED) is 0.194. The van der Waals surface area contributed by atoms with Crippen molar-refractivity contribution in [3.05, 3.63) is 82.9 Å². The van der Waals surface area contributed by atoms with E-state index in [1.807, 2.05) is 31.2 Å². The molecule has 0 spiro atoms. The Bertz CT molecular complexity index is 1580. The fraction of sp³-hybridized carbons (Fsp3) is 0.564. The molecule has 0 aromatic heterocycles. The number of aryl methyl sites for hydroxylation is 1. The van der Waals surface area contributed by atoms with Crippen LogP contribution in [-0.4, -0.2) is 56.6 Å². The normalized spacial score (nSPS) is 23.0. The first-order valence-electron chi connectivity index (χ1n) is 18.0. The summed E-state index contributed by atoms with van der Waals surface area (Å²) in [7, 11) is -4.02. The maximum absolute atomic E-state index is 13.7. The molecule has 1 amide bonds. The lowest BCUT2D eigenvalue weighted by atomic mass is 9.70. The first kappa shape index (κ1) is 37.4. The van der Waals surface area contributed by atoms with Crippen molar-refractivity contribution in [2.24, 2.45) is 17.8 Å². The van der Waals surface area contributed by atoms with E-state index in [-0.39, 0.29) is 29.4 Å². The van der Waals surface area contributed by atoms with Gasteiger partial charge in [0.1, 0.15) is 12.4 Å². The average Bonchev–Trinajstić information content (AvgIpc) is 3.05. The first-order chi connectivity index (χ1) is 23.6. The SMILES string of the molecule is C=CC[C@@H](C)[C@H](C[C@H]1CCO1)S(=O)(=O)NC(=O)c1ccc2c(c1)N(C[C@@H]1CC[C@H]1[C@@H](O)/C=C/CCC)CCCCc1cc(Cl)ccc1CO2. The minimum Gasteiger partial charge on any atom is -0.487 e. The summed E-state index contributed by atoms with van der Waals surface area (Å²) in [4.78, 5) is 16.0. The minimum absolute atomic E-state index is 0.125. The van der Waals surface area contributed by atoms with Crippen LogP contribution in [-0.2, 0) is 27.8 Å². The number of ether oxygens (including phenoxy) is 2. The number of anilines is 1. The minimum atomic E-state index is -4.02. The Hall–Kier alpha value is -2.85. The number of halogens is 1. The van der Waals surface area contributed by atoms with Gasteiger partial charge in [0.2, 0.25) is 10.0 Å². The average molecular weight is 713 g/mol. The smallest absolute Gasteiger partial charge is 0.264 e. The summed E-state index contributed by atoms with van der Waals surface area (Å²) < 4.78 is 41.9. The number of nitrogens with one attached hydrogen (secondary N) is 1. The van der Waals surface area contributed by atoms with Crippen molar-refractivity contribution < 1.29 is 27.8 Å². The van der Waals surface area contributed by atoms with E-state index in [0.29, 0.717) is 43.4 Å². The Morgan fingerprint density at radius 1 is 1.16 bits per heavy atom. The van der Waals surface area contributed by atoms with Crippen molar-refractivity contribution in [2.75, 3.05) is 24.6 Å². The van der Waals surface area contributed by atoms with Crippen LogP contribution in [0.1, 0.15) is 93.1 Å². The van der Waals surface area contributed by atoms with Crippen molar-refractivity contribution in [1.29, 1.82) is 0 Å². The molecule has 2 heterocycles. The third-order valence-corrected chi connectivity index (χ3v) is 12.7. The molecule has 268 valence electrons. The van der Waals surface area contributed by atoms with E-state index in [0.717, 1.165) is 74.7 Å². The van der Waals surface area contributed by atoms with Gasteiger partial charge in [0.15, 0.2) is 0 Å². The van der Waals surface area contributed by atoms with Crippen LogP contribution in [0.4, 0.5) is 5.69 Å². The summed E-state index contributed by atoms with van der Waals surface area (Å²) in [6, 6.07) is 11.1. The highest BCUT2D eigenvalue weighted by Gasteiger charge is 2.38. The third kappa shape index (κ3) is 9.69. The number of rotatable bonds is 14. The highest BCUT2D eigenvalue weighted by atomic mass is 35.5. The van der Waals surface area contributed by atoms with Gasteiger partial charge < -0.3 is 19.5 Å². The van der Waals surface area contributed by atoms with E-state index in [9.17, 15) is 18.3 Å². The van der Waals surface area contributed by atoms with Crippen LogP contribution in [0, 0.1) is 17.8 Å². The van der Waals surface area contributed by atoms with Crippen molar-refractivity contribution in [2.45, 2.75) is 102 Å². The van der Waals surface area contributed by atoms with E-state index in [1.54, 1.807) is 24.3 Å². The molecule has 2 N–H and O–H groups in total. The zero-order valence-corrected chi connectivity index (χ0v) is 30.6. The topological polar surface area (TPSA) is 105 Å². The number of aliphatic hydroxyl groups excluding tert-OH is 1. The summed E-state index contributed by atoms with van der Waals surface area (Å²) in [6.45, 7) is 10.2. The standard InChI is InChI=1S/C39H53ClN2O6S/c1-4-6-7-12-36(43)34-17-14-30(34)25-42-20-9-8-11-28-22-32(40)16-13-31(28)26-48-37-18-15-29(23-35(37)42)39(44)41-49(45,46)38(27(3)10-5-2)24-33-19-21-47-33/h5,7,12-13,15-16,18,22-23,27,30,33-34,36,38,43H,2,4,6,8-11,14,17,19-21,24-26H2,1,3H3,(H,41,44)/b12-7+/t27-,30+,33-,34-,36+,38+/m1/s1. The summed E-state index contributed by atoms with van der Waals surface area (Å²) in [6.07, 6.45) is 13.4. The fourth-order valence-electron chi connectivity index (χ4n) is 7.25. The van der Waals surface area contributed by atoms with Crippen LogP contribution in [0.2, 0.25) is 5.02 Å². The third-order valence-electron chi connectivity index (χ3n) is 10.5.